The standard InChI is InChI=1S/C12H17N3O2/c1-14-5-4-9-2-3-11-10(6-9)15(8-13)12(16)7-17-11/h2-3,6,14H,4-5,7-8,13H2,1H3. The number of hydrogen-bond donors (Lipinski definition) is 2. The third-order valence-electron chi connectivity index (χ3n) is 2.81. The maximum absolute atomic E-state index is 11.6. The summed E-state index contributed by atoms with van der Waals surface area (Å²) in [5.41, 5.74) is 7.53. The van der Waals surface area contributed by atoms with Crippen molar-refractivity contribution in [2.24, 2.45) is 5.73 Å². The zero-order chi connectivity index (χ0) is 12.3. The van der Waals surface area contributed by atoms with E-state index in [1.54, 1.807) is 4.90 Å². The average molecular weight is 235 g/mol. The van der Waals surface area contributed by atoms with Gasteiger partial charge in [-0.2, -0.15) is 0 Å². The van der Waals surface area contributed by atoms with Crippen LogP contribution in [0.15, 0.2) is 18.2 Å². The molecule has 0 bridgehead atoms. The van der Waals surface area contributed by atoms with Crippen LogP contribution in [0.2, 0.25) is 0 Å². The summed E-state index contributed by atoms with van der Waals surface area (Å²) in [5, 5.41) is 3.09. The molecule has 2 rings (SSSR count). The average Bonchev–Trinajstić information content (AvgIpc) is 2.36. The van der Waals surface area contributed by atoms with Crippen molar-refractivity contribution in [1.82, 2.24) is 5.32 Å². The van der Waals surface area contributed by atoms with E-state index < -0.39 is 0 Å². The van der Waals surface area contributed by atoms with Crippen molar-refractivity contribution in [3.63, 3.8) is 0 Å². The zero-order valence-electron chi connectivity index (χ0n) is 9.90. The molecule has 0 atom stereocenters. The van der Waals surface area contributed by atoms with Gasteiger partial charge in [0.2, 0.25) is 0 Å². The van der Waals surface area contributed by atoms with Gasteiger partial charge in [-0.05, 0) is 37.7 Å². The van der Waals surface area contributed by atoms with Gasteiger partial charge in [0.1, 0.15) is 5.75 Å². The van der Waals surface area contributed by atoms with Gasteiger partial charge in [-0.1, -0.05) is 6.07 Å². The molecule has 0 saturated carbocycles. The number of likely N-dealkylation sites (N-methyl/N-ethyl adjacent to an activating group) is 1. The number of hydrogen-bond acceptors (Lipinski definition) is 4. The molecular weight excluding hydrogens is 218 g/mol. The second kappa shape index (κ2) is 5.16. The summed E-state index contributed by atoms with van der Waals surface area (Å²) in [4.78, 5) is 13.2. The highest BCUT2D eigenvalue weighted by Crippen LogP contribution is 2.32. The lowest BCUT2D eigenvalue weighted by molar-refractivity contribution is -0.121. The van der Waals surface area contributed by atoms with Crippen LogP contribution in [-0.4, -0.2) is 32.8 Å². The largest absolute Gasteiger partial charge is 0.482 e. The van der Waals surface area contributed by atoms with Gasteiger partial charge in [0.25, 0.3) is 5.91 Å². The first-order valence-corrected chi connectivity index (χ1v) is 5.67. The van der Waals surface area contributed by atoms with Crippen LogP contribution in [0.25, 0.3) is 0 Å². The van der Waals surface area contributed by atoms with Gasteiger partial charge in [0.15, 0.2) is 6.61 Å². The van der Waals surface area contributed by atoms with Crippen LogP contribution in [0.5, 0.6) is 5.75 Å². The second-order valence-electron chi connectivity index (χ2n) is 3.95. The summed E-state index contributed by atoms with van der Waals surface area (Å²) in [5.74, 6) is 0.633. The summed E-state index contributed by atoms with van der Waals surface area (Å²) >= 11 is 0. The monoisotopic (exact) mass is 235 g/mol. The van der Waals surface area contributed by atoms with Crippen LogP contribution in [0.4, 0.5) is 5.69 Å². The highest BCUT2D eigenvalue weighted by atomic mass is 16.5. The lowest BCUT2D eigenvalue weighted by Gasteiger charge is -2.28. The summed E-state index contributed by atoms with van der Waals surface area (Å²) < 4.78 is 5.36. The molecule has 0 spiro atoms. The fourth-order valence-corrected chi connectivity index (χ4v) is 1.87. The Kier molecular flexibility index (Phi) is 3.61. The van der Waals surface area contributed by atoms with E-state index in [0.29, 0.717) is 0 Å². The van der Waals surface area contributed by atoms with E-state index in [1.807, 2.05) is 25.2 Å². The van der Waals surface area contributed by atoms with Crippen molar-refractivity contribution in [1.29, 1.82) is 0 Å². The molecule has 1 aromatic carbocycles. The molecule has 17 heavy (non-hydrogen) atoms. The van der Waals surface area contributed by atoms with E-state index in [2.05, 4.69) is 5.32 Å². The Bertz CT molecular complexity index is 420. The minimum absolute atomic E-state index is 0.0695. The highest BCUT2D eigenvalue weighted by molar-refractivity contribution is 5.97. The lowest BCUT2D eigenvalue weighted by atomic mass is 10.1. The van der Waals surface area contributed by atoms with Gasteiger partial charge >= 0.3 is 0 Å². The molecule has 0 radical (unpaired) electrons. The van der Waals surface area contributed by atoms with E-state index in [4.69, 9.17) is 10.5 Å². The number of nitrogens with two attached hydrogens (primary N) is 1. The molecule has 1 aliphatic rings. The first kappa shape index (κ1) is 11.9. The normalized spacial score (nSPS) is 14.5. The maximum atomic E-state index is 11.6. The lowest BCUT2D eigenvalue weighted by Crippen LogP contribution is -2.42. The Labute approximate surface area is 101 Å². The van der Waals surface area contributed by atoms with Crippen LogP contribution in [-0.2, 0) is 11.2 Å². The third kappa shape index (κ3) is 2.40. The fraction of sp³-hybridized carbons (Fsp3) is 0.417. The zero-order valence-corrected chi connectivity index (χ0v) is 9.90. The molecule has 1 aliphatic heterocycles. The smallest absolute Gasteiger partial charge is 0.266 e. The van der Waals surface area contributed by atoms with E-state index in [9.17, 15) is 4.79 Å². The summed E-state index contributed by atoms with van der Waals surface area (Å²) in [6, 6.07) is 5.88. The third-order valence-corrected chi connectivity index (χ3v) is 2.81. The molecule has 0 aromatic heterocycles. The van der Waals surface area contributed by atoms with Crippen molar-refractivity contribution in [3.8, 4) is 5.75 Å². The van der Waals surface area contributed by atoms with Gasteiger partial charge < -0.3 is 15.8 Å². The number of ether oxygens (including phenoxy) is 1. The van der Waals surface area contributed by atoms with Gasteiger partial charge in [-0.15, -0.1) is 0 Å². The van der Waals surface area contributed by atoms with Crippen molar-refractivity contribution >= 4 is 11.6 Å². The first-order valence-electron chi connectivity index (χ1n) is 5.67. The molecule has 5 heteroatoms. The molecule has 1 aromatic rings. The van der Waals surface area contributed by atoms with Gasteiger partial charge in [0.05, 0.1) is 12.4 Å². The number of fused-ring (bicyclic) bond motifs is 1. The molecule has 1 amide bonds. The summed E-state index contributed by atoms with van der Waals surface area (Å²) in [7, 11) is 1.91. The van der Waals surface area contributed by atoms with E-state index in [1.165, 1.54) is 0 Å². The number of benzene rings is 1. The van der Waals surface area contributed by atoms with Crippen molar-refractivity contribution in [2.45, 2.75) is 6.42 Å². The Balaban J connectivity index is 2.28. The second-order valence-corrected chi connectivity index (χ2v) is 3.95. The Hall–Kier alpha value is -1.59. The SMILES string of the molecule is CNCCc1ccc2c(c1)N(CN)C(=O)CO2. The summed E-state index contributed by atoms with van der Waals surface area (Å²) in [6.07, 6.45) is 0.913. The maximum Gasteiger partial charge on any atom is 0.266 e. The fourth-order valence-electron chi connectivity index (χ4n) is 1.87. The van der Waals surface area contributed by atoms with E-state index >= 15 is 0 Å². The quantitative estimate of drug-likeness (QED) is 0.776. The number of carbonyl (C=O) groups excluding carboxylic acids is 1. The molecule has 1 heterocycles. The van der Waals surface area contributed by atoms with Crippen LogP contribution in [0, 0.1) is 0 Å². The number of anilines is 1. The molecule has 92 valence electrons. The minimum atomic E-state index is -0.0919. The number of rotatable bonds is 4. The number of carbonyl (C=O) groups is 1. The number of amides is 1. The van der Waals surface area contributed by atoms with Crippen LogP contribution in [0.1, 0.15) is 5.56 Å². The Morgan fingerprint density at radius 2 is 2.35 bits per heavy atom. The molecule has 0 saturated heterocycles. The van der Waals surface area contributed by atoms with Crippen LogP contribution < -0.4 is 20.7 Å². The van der Waals surface area contributed by atoms with Gasteiger partial charge in [-0.3, -0.25) is 9.69 Å². The Morgan fingerprint density at radius 1 is 1.53 bits per heavy atom. The van der Waals surface area contributed by atoms with Gasteiger partial charge in [0, 0.05) is 0 Å². The topological polar surface area (TPSA) is 67.6 Å². The van der Waals surface area contributed by atoms with E-state index in [-0.39, 0.29) is 19.2 Å². The van der Waals surface area contributed by atoms with Gasteiger partial charge in [-0.25, -0.2) is 0 Å². The molecule has 0 unspecified atom stereocenters. The van der Waals surface area contributed by atoms with Crippen LogP contribution >= 0.6 is 0 Å². The van der Waals surface area contributed by atoms with Crippen molar-refractivity contribution < 1.29 is 9.53 Å². The molecule has 5 nitrogen and oxygen atoms in total. The van der Waals surface area contributed by atoms with Crippen LogP contribution in [0.3, 0.4) is 0 Å². The molecular formula is C12H17N3O2. The molecule has 3 N–H and O–H groups in total. The summed E-state index contributed by atoms with van der Waals surface area (Å²) in [6.45, 7) is 1.15. The molecule has 0 fully saturated rings. The number of nitrogens with zero attached hydrogens (tertiary/aromatic N) is 1. The predicted molar refractivity (Wildman–Crippen MR) is 66.1 cm³/mol. The van der Waals surface area contributed by atoms with Crippen molar-refractivity contribution in [3.05, 3.63) is 23.8 Å². The van der Waals surface area contributed by atoms with Crippen molar-refractivity contribution in [2.75, 3.05) is 31.8 Å². The molecule has 0 aliphatic carbocycles. The predicted octanol–water partition coefficient (Wildman–Crippen LogP) is 0.0901. The van der Waals surface area contributed by atoms with E-state index in [0.717, 1.165) is 30.0 Å². The highest BCUT2D eigenvalue weighted by Gasteiger charge is 2.24. The number of nitrogens with one attached hydrogen (secondary N) is 1. The Morgan fingerprint density at radius 3 is 3.06 bits per heavy atom. The minimum Gasteiger partial charge on any atom is -0.482 e. The first-order chi connectivity index (χ1) is 8.26.